The number of nitrogens with one attached hydrogen (secondary N) is 2. The second-order valence-electron chi connectivity index (χ2n) is 8.88. The number of benzene rings is 1. The maximum absolute atomic E-state index is 12.8. The van der Waals surface area contributed by atoms with Gasteiger partial charge < -0.3 is 22.1 Å². The van der Waals surface area contributed by atoms with Crippen molar-refractivity contribution in [2.75, 3.05) is 29.5 Å². The lowest BCUT2D eigenvalue weighted by atomic mass is 9.92. The van der Waals surface area contributed by atoms with E-state index in [4.69, 9.17) is 11.5 Å². The molecule has 2 aliphatic rings. The minimum atomic E-state index is -3.44. The molecule has 0 unspecified atom stereocenters. The molecule has 0 atom stereocenters. The zero-order valence-electron chi connectivity index (χ0n) is 18.4. The molecular formula is C22H30N8O2S. The molecule has 11 heteroatoms. The fourth-order valence-electron chi connectivity index (χ4n) is 4.56. The second-order valence-corrected chi connectivity index (χ2v) is 10.8. The van der Waals surface area contributed by atoms with E-state index in [0.717, 1.165) is 49.9 Å². The molecule has 5 rings (SSSR count). The Morgan fingerprint density at radius 1 is 1.03 bits per heavy atom. The molecule has 1 saturated carbocycles. The lowest BCUT2D eigenvalue weighted by Crippen LogP contribution is -2.33. The number of nitrogens with zero attached hydrogens (tertiary/aromatic N) is 4. The number of aromatic nitrogens is 3. The number of sulfonamides is 1. The van der Waals surface area contributed by atoms with Gasteiger partial charge in [-0.15, -0.1) is 5.10 Å². The lowest BCUT2D eigenvalue weighted by molar-refractivity contribution is 0.410. The smallest absolute Gasteiger partial charge is 0.243 e. The van der Waals surface area contributed by atoms with E-state index in [0.29, 0.717) is 41.3 Å². The summed E-state index contributed by atoms with van der Waals surface area (Å²) < 4.78 is 28.7. The zero-order chi connectivity index (χ0) is 23.0. The first-order valence-corrected chi connectivity index (χ1v) is 12.9. The van der Waals surface area contributed by atoms with Gasteiger partial charge in [-0.1, -0.05) is 0 Å². The quantitative estimate of drug-likeness (QED) is 0.430. The minimum absolute atomic E-state index is 0.275. The Morgan fingerprint density at radius 3 is 2.42 bits per heavy atom. The van der Waals surface area contributed by atoms with Crippen LogP contribution in [0.15, 0.2) is 41.4 Å². The molecule has 176 valence electrons. The first-order chi connectivity index (χ1) is 15.9. The molecule has 0 spiro atoms. The Labute approximate surface area is 193 Å². The highest BCUT2D eigenvalue weighted by atomic mass is 32.2. The molecule has 6 N–H and O–H groups in total. The number of nitrogen functional groups attached to an aromatic ring is 1. The molecule has 33 heavy (non-hydrogen) atoms. The lowest BCUT2D eigenvalue weighted by Gasteiger charge is -2.27. The predicted molar refractivity (Wildman–Crippen MR) is 129 cm³/mol. The molecule has 3 aromatic rings. The first kappa shape index (κ1) is 21.9. The van der Waals surface area contributed by atoms with Crippen LogP contribution in [0.1, 0.15) is 38.5 Å². The summed E-state index contributed by atoms with van der Waals surface area (Å²) in [5.74, 6) is 1.14. The van der Waals surface area contributed by atoms with Gasteiger partial charge in [0.05, 0.1) is 16.8 Å². The number of hydrogen-bond acceptors (Lipinski definition) is 8. The average Bonchev–Trinajstić information content (AvgIpc) is 3.47. The van der Waals surface area contributed by atoms with Crippen molar-refractivity contribution >= 4 is 38.7 Å². The topological polar surface area (TPSA) is 144 Å². The summed E-state index contributed by atoms with van der Waals surface area (Å²) in [5, 5.41) is 11.4. The summed E-state index contributed by atoms with van der Waals surface area (Å²) in [7, 11) is -3.44. The van der Waals surface area contributed by atoms with E-state index in [1.165, 1.54) is 0 Å². The molecule has 1 saturated heterocycles. The van der Waals surface area contributed by atoms with Crippen LogP contribution >= 0.6 is 0 Å². The monoisotopic (exact) mass is 470 g/mol. The molecule has 0 bridgehead atoms. The summed E-state index contributed by atoms with van der Waals surface area (Å²) in [4.78, 5) is 4.69. The molecule has 3 heterocycles. The number of hydrogen-bond donors (Lipinski definition) is 4. The van der Waals surface area contributed by atoms with Gasteiger partial charge in [0.25, 0.3) is 0 Å². The van der Waals surface area contributed by atoms with Gasteiger partial charge in [-0.3, -0.25) is 0 Å². The molecule has 1 aliphatic heterocycles. The molecule has 10 nitrogen and oxygen atoms in total. The summed E-state index contributed by atoms with van der Waals surface area (Å²) in [6.07, 6.45) is 7.37. The van der Waals surface area contributed by atoms with Gasteiger partial charge in [0.15, 0.2) is 5.65 Å². The Balaban J connectivity index is 1.39. The Hall–Kier alpha value is -2.89. The van der Waals surface area contributed by atoms with Crippen molar-refractivity contribution in [1.82, 2.24) is 18.9 Å². The highest BCUT2D eigenvalue weighted by Crippen LogP contribution is 2.28. The van der Waals surface area contributed by atoms with E-state index in [2.05, 4.69) is 20.7 Å². The van der Waals surface area contributed by atoms with Crippen molar-refractivity contribution in [1.29, 1.82) is 0 Å². The van der Waals surface area contributed by atoms with Gasteiger partial charge in [-0.25, -0.2) is 13.4 Å². The predicted octanol–water partition coefficient (Wildman–Crippen LogP) is 2.52. The van der Waals surface area contributed by atoms with Crippen molar-refractivity contribution < 1.29 is 8.42 Å². The number of fused-ring (bicyclic) bond motifs is 1. The first-order valence-electron chi connectivity index (χ1n) is 11.4. The fourth-order valence-corrected chi connectivity index (χ4v) is 6.08. The van der Waals surface area contributed by atoms with Crippen molar-refractivity contribution in [3.05, 3.63) is 36.5 Å². The normalized spacial score (nSPS) is 22.0. The van der Waals surface area contributed by atoms with Gasteiger partial charge in [-0.05, 0) is 62.8 Å². The molecule has 1 aliphatic carbocycles. The Morgan fingerprint density at radius 2 is 1.73 bits per heavy atom. The van der Waals surface area contributed by atoms with Crippen LogP contribution in [0.25, 0.3) is 5.65 Å². The standard InChI is InChI=1S/C22H30N8O2S/c23-15-3-5-17(6-4-15)27-21-13-19(22-25-14-20(24)30(22)28-21)26-16-7-9-18(10-8-16)33(31,32)29-11-1-2-12-29/h7-10,13-15,17,26H,1-6,11-12,23-24H2,(H,27,28). The van der Waals surface area contributed by atoms with E-state index in [9.17, 15) is 8.42 Å². The van der Waals surface area contributed by atoms with Crippen LogP contribution in [0.5, 0.6) is 0 Å². The molecular weight excluding hydrogens is 440 g/mol. The number of rotatable bonds is 6. The SMILES string of the molecule is Nc1cnc2c(Nc3ccc(S(=O)(=O)N4CCCC4)cc3)cc(NC3CCC(N)CC3)nn12. The highest BCUT2D eigenvalue weighted by molar-refractivity contribution is 7.89. The Kier molecular flexibility index (Phi) is 5.85. The minimum Gasteiger partial charge on any atom is -0.382 e. The molecule has 2 fully saturated rings. The molecule has 0 radical (unpaired) electrons. The van der Waals surface area contributed by atoms with Gasteiger partial charge >= 0.3 is 0 Å². The third-order valence-electron chi connectivity index (χ3n) is 6.45. The van der Waals surface area contributed by atoms with Gasteiger partial charge in [0.1, 0.15) is 11.6 Å². The van der Waals surface area contributed by atoms with Crippen LogP contribution in [-0.4, -0.2) is 52.5 Å². The van der Waals surface area contributed by atoms with Crippen LogP contribution < -0.4 is 22.1 Å². The fraction of sp³-hybridized carbons (Fsp3) is 0.455. The van der Waals surface area contributed by atoms with Crippen LogP contribution in [0, 0.1) is 0 Å². The van der Waals surface area contributed by atoms with Gasteiger partial charge in [-0.2, -0.15) is 8.82 Å². The molecule has 2 aromatic heterocycles. The van der Waals surface area contributed by atoms with Crippen molar-refractivity contribution in [3.63, 3.8) is 0 Å². The zero-order valence-corrected chi connectivity index (χ0v) is 19.3. The summed E-state index contributed by atoms with van der Waals surface area (Å²) in [5.41, 5.74) is 14.2. The molecule has 1 aromatic carbocycles. The van der Waals surface area contributed by atoms with Crippen LogP contribution in [0.2, 0.25) is 0 Å². The van der Waals surface area contributed by atoms with E-state index >= 15 is 0 Å². The number of nitrogens with two attached hydrogens (primary N) is 2. The molecule has 0 amide bonds. The van der Waals surface area contributed by atoms with Gasteiger partial charge in [0.2, 0.25) is 10.0 Å². The second kappa shape index (κ2) is 8.81. The van der Waals surface area contributed by atoms with Crippen LogP contribution in [-0.2, 0) is 10.0 Å². The van der Waals surface area contributed by atoms with Crippen molar-refractivity contribution in [2.45, 2.75) is 55.5 Å². The average molecular weight is 471 g/mol. The number of imidazole rings is 1. The third kappa shape index (κ3) is 4.48. The highest BCUT2D eigenvalue weighted by Gasteiger charge is 2.27. The van der Waals surface area contributed by atoms with Gasteiger partial charge in [0, 0.05) is 36.9 Å². The van der Waals surface area contributed by atoms with Crippen LogP contribution in [0.4, 0.5) is 23.0 Å². The number of anilines is 4. The van der Waals surface area contributed by atoms with Crippen LogP contribution in [0.3, 0.4) is 0 Å². The van der Waals surface area contributed by atoms with E-state index in [1.54, 1.807) is 39.3 Å². The maximum atomic E-state index is 12.8. The van der Waals surface area contributed by atoms with Crippen molar-refractivity contribution in [2.24, 2.45) is 5.73 Å². The van der Waals surface area contributed by atoms with E-state index in [1.807, 2.05) is 6.07 Å². The van der Waals surface area contributed by atoms with E-state index < -0.39 is 10.0 Å². The summed E-state index contributed by atoms with van der Waals surface area (Å²) >= 11 is 0. The summed E-state index contributed by atoms with van der Waals surface area (Å²) in [6, 6.07) is 9.30. The largest absolute Gasteiger partial charge is 0.382 e. The third-order valence-corrected chi connectivity index (χ3v) is 8.37. The maximum Gasteiger partial charge on any atom is 0.243 e. The van der Waals surface area contributed by atoms with E-state index in [-0.39, 0.29) is 6.04 Å². The van der Waals surface area contributed by atoms with Crippen molar-refractivity contribution in [3.8, 4) is 0 Å². The Bertz CT molecular complexity index is 1230. The summed E-state index contributed by atoms with van der Waals surface area (Å²) in [6.45, 7) is 1.17.